The maximum absolute atomic E-state index is 12.1. The lowest BCUT2D eigenvalue weighted by Crippen LogP contribution is -2.13. The molecule has 3 aromatic rings. The molecule has 1 aromatic carbocycles. The van der Waals surface area contributed by atoms with E-state index in [1.807, 2.05) is 18.4 Å². The van der Waals surface area contributed by atoms with Crippen molar-refractivity contribution in [2.75, 3.05) is 10.6 Å². The summed E-state index contributed by atoms with van der Waals surface area (Å²) in [6, 6.07) is 5.38. The highest BCUT2D eigenvalue weighted by Crippen LogP contribution is 2.34. The van der Waals surface area contributed by atoms with Crippen LogP contribution in [0.4, 0.5) is 11.6 Å². The highest BCUT2D eigenvalue weighted by atomic mass is 35.5. The van der Waals surface area contributed by atoms with Gasteiger partial charge < -0.3 is 10.6 Å². The van der Waals surface area contributed by atoms with Crippen LogP contribution in [0, 0.1) is 6.92 Å². The number of aryl methyl sites for hydroxylation is 1. The van der Waals surface area contributed by atoms with E-state index in [4.69, 9.17) is 11.6 Å². The number of aromatic nitrogens is 3. The summed E-state index contributed by atoms with van der Waals surface area (Å²) in [5, 5.41) is 9.65. The predicted molar refractivity (Wildman–Crippen MR) is 99.0 cm³/mol. The minimum absolute atomic E-state index is 0.107. The summed E-state index contributed by atoms with van der Waals surface area (Å²) in [6.45, 7) is 2.52. The van der Waals surface area contributed by atoms with Crippen molar-refractivity contribution >= 4 is 40.5 Å². The first-order valence-corrected chi connectivity index (χ1v) is 8.95. The molecule has 0 unspecified atom stereocenters. The number of benzene rings is 1. The van der Waals surface area contributed by atoms with Crippen LogP contribution in [0.5, 0.6) is 0 Å². The summed E-state index contributed by atoms with van der Waals surface area (Å²) < 4.78 is 0. The number of thiazole rings is 1. The lowest BCUT2D eigenvalue weighted by Gasteiger charge is -2.10. The van der Waals surface area contributed by atoms with Crippen molar-refractivity contribution < 1.29 is 4.79 Å². The van der Waals surface area contributed by atoms with Gasteiger partial charge in [-0.25, -0.2) is 15.0 Å². The summed E-state index contributed by atoms with van der Waals surface area (Å²) in [7, 11) is 0. The third-order valence-electron chi connectivity index (χ3n) is 3.82. The van der Waals surface area contributed by atoms with Gasteiger partial charge >= 0.3 is 0 Å². The molecule has 25 heavy (non-hydrogen) atoms. The second-order valence-electron chi connectivity index (χ2n) is 5.69. The van der Waals surface area contributed by atoms with E-state index in [0.717, 1.165) is 27.5 Å². The van der Waals surface area contributed by atoms with Crippen molar-refractivity contribution in [2.45, 2.75) is 19.9 Å². The Balaban J connectivity index is 1.69. The van der Waals surface area contributed by atoms with Gasteiger partial charge in [0.15, 0.2) is 0 Å². The maximum Gasteiger partial charge on any atom is 0.228 e. The van der Waals surface area contributed by atoms with Crippen LogP contribution in [-0.4, -0.2) is 20.9 Å². The summed E-state index contributed by atoms with van der Waals surface area (Å²) >= 11 is 7.66. The maximum atomic E-state index is 12.1. The topological polar surface area (TPSA) is 79.8 Å². The minimum atomic E-state index is -0.107. The lowest BCUT2D eigenvalue weighted by atomic mass is 10.1. The van der Waals surface area contributed by atoms with Crippen LogP contribution in [0.25, 0.3) is 11.3 Å². The average molecular weight is 372 g/mol. The molecule has 8 heteroatoms. The SMILES string of the molecule is Cc1nc(CNc2ncc3c(n2)-c2ccc(Cl)cc2NC(=O)C3)cs1. The molecule has 2 aromatic heterocycles. The van der Waals surface area contributed by atoms with Crippen molar-refractivity contribution in [2.24, 2.45) is 0 Å². The van der Waals surface area contributed by atoms with E-state index in [-0.39, 0.29) is 12.3 Å². The van der Waals surface area contributed by atoms with Gasteiger partial charge in [0.2, 0.25) is 11.9 Å². The number of carbonyl (C=O) groups is 1. The van der Waals surface area contributed by atoms with Gasteiger partial charge in [0.25, 0.3) is 0 Å². The molecule has 126 valence electrons. The summed E-state index contributed by atoms with van der Waals surface area (Å²) in [5.41, 5.74) is 3.96. The minimum Gasteiger partial charge on any atom is -0.349 e. The van der Waals surface area contributed by atoms with Crippen LogP contribution in [0.2, 0.25) is 5.02 Å². The van der Waals surface area contributed by atoms with Gasteiger partial charge in [0.1, 0.15) is 0 Å². The van der Waals surface area contributed by atoms with Gasteiger partial charge in [0.05, 0.1) is 35.0 Å². The lowest BCUT2D eigenvalue weighted by molar-refractivity contribution is -0.115. The molecule has 0 fully saturated rings. The first-order valence-electron chi connectivity index (χ1n) is 7.69. The van der Waals surface area contributed by atoms with Crippen molar-refractivity contribution in [3.63, 3.8) is 0 Å². The number of carbonyl (C=O) groups excluding carboxylic acids is 1. The Morgan fingerprint density at radius 1 is 1.36 bits per heavy atom. The second-order valence-corrected chi connectivity index (χ2v) is 7.19. The molecule has 1 amide bonds. The van der Waals surface area contributed by atoms with Gasteiger partial charge in [0, 0.05) is 27.7 Å². The van der Waals surface area contributed by atoms with Gasteiger partial charge in [-0.3, -0.25) is 4.79 Å². The highest BCUT2D eigenvalue weighted by Gasteiger charge is 2.21. The first-order chi connectivity index (χ1) is 12.1. The standard InChI is InChI=1S/C17H14ClN5OS/c1-9-21-12(8-25-9)7-20-17-19-6-10-4-15(24)22-14-5-11(18)2-3-13(14)16(10)23-17/h2-3,5-6,8H,4,7H2,1H3,(H,22,24)(H,19,20,23). The quantitative estimate of drug-likeness (QED) is 0.734. The van der Waals surface area contributed by atoms with Crippen LogP contribution in [0.1, 0.15) is 16.3 Å². The van der Waals surface area contributed by atoms with Crippen LogP contribution < -0.4 is 10.6 Å². The third-order valence-corrected chi connectivity index (χ3v) is 4.88. The van der Waals surface area contributed by atoms with Crippen molar-refractivity contribution in [3.05, 3.63) is 51.1 Å². The molecule has 2 N–H and O–H groups in total. The van der Waals surface area contributed by atoms with E-state index in [1.54, 1.807) is 29.7 Å². The monoisotopic (exact) mass is 371 g/mol. The normalized spacial score (nSPS) is 12.8. The molecule has 0 radical (unpaired) electrons. The zero-order valence-corrected chi connectivity index (χ0v) is 14.9. The van der Waals surface area contributed by atoms with Crippen LogP contribution in [0.3, 0.4) is 0 Å². The molecule has 0 spiro atoms. The van der Waals surface area contributed by atoms with Crippen molar-refractivity contribution in [1.29, 1.82) is 0 Å². The highest BCUT2D eigenvalue weighted by molar-refractivity contribution is 7.09. The Bertz CT molecular complexity index is 971. The fourth-order valence-electron chi connectivity index (χ4n) is 2.71. The number of nitrogens with zero attached hydrogens (tertiary/aromatic N) is 3. The average Bonchev–Trinajstić information content (AvgIpc) is 2.93. The number of anilines is 2. The molecule has 3 heterocycles. The predicted octanol–water partition coefficient (Wildman–Crippen LogP) is 3.67. The number of amides is 1. The second kappa shape index (κ2) is 6.42. The largest absolute Gasteiger partial charge is 0.349 e. The van der Waals surface area contributed by atoms with E-state index < -0.39 is 0 Å². The number of rotatable bonds is 3. The summed E-state index contributed by atoms with van der Waals surface area (Å²) in [4.78, 5) is 25.4. The fourth-order valence-corrected chi connectivity index (χ4v) is 3.49. The van der Waals surface area contributed by atoms with Gasteiger partial charge in [-0.1, -0.05) is 11.6 Å². The number of halogens is 1. The molecule has 6 nitrogen and oxygen atoms in total. The molecular formula is C17H14ClN5OS. The Labute approximate surface area is 153 Å². The Hall–Kier alpha value is -2.51. The van der Waals surface area contributed by atoms with Gasteiger partial charge in [-0.2, -0.15) is 0 Å². The molecule has 0 atom stereocenters. The fraction of sp³-hybridized carbons (Fsp3) is 0.176. The van der Waals surface area contributed by atoms with Crippen molar-refractivity contribution in [3.8, 4) is 11.3 Å². The molecule has 0 bridgehead atoms. The van der Waals surface area contributed by atoms with E-state index in [2.05, 4.69) is 25.6 Å². The Morgan fingerprint density at radius 3 is 3.04 bits per heavy atom. The molecule has 0 saturated carbocycles. The van der Waals surface area contributed by atoms with E-state index in [0.29, 0.717) is 23.2 Å². The number of fused-ring (bicyclic) bond motifs is 3. The molecule has 0 saturated heterocycles. The van der Waals surface area contributed by atoms with E-state index >= 15 is 0 Å². The number of hydrogen-bond donors (Lipinski definition) is 2. The zero-order valence-electron chi connectivity index (χ0n) is 13.3. The van der Waals surface area contributed by atoms with Crippen LogP contribution in [-0.2, 0) is 17.8 Å². The molecule has 1 aliphatic heterocycles. The molecule has 4 rings (SSSR count). The van der Waals surface area contributed by atoms with Crippen LogP contribution in [0.15, 0.2) is 29.8 Å². The van der Waals surface area contributed by atoms with E-state index in [9.17, 15) is 4.79 Å². The van der Waals surface area contributed by atoms with E-state index in [1.165, 1.54) is 0 Å². The van der Waals surface area contributed by atoms with Gasteiger partial charge in [-0.05, 0) is 25.1 Å². The summed E-state index contributed by atoms with van der Waals surface area (Å²) in [6.07, 6.45) is 1.92. The third kappa shape index (κ3) is 3.33. The molecular weight excluding hydrogens is 358 g/mol. The number of hydrogen-bond acceptors (Lipinski definition) is 6. The first kappa shape index (κ1) is 16.0. The number of nitrogens with one attached hydrogen (secondary N) is 2. The Morgan fingerprint density at radius 2 is 2.24 bits per heavy atom. The molecule has 0 aliphatic carbocycles. The Kier molecular flexibility index (Phi) is 4.10. The smallest absolute Gasteiger partial charge is 0.228 e. The van der Waals surface area contributed by atoms with Crippen LogP contribution >= 0.6 is 22.9 Å². The van der Waals surface area contributed by atoms with Crippen molar-refractivity contribution in [1.82, 2.24) is 15.0 Å². The van der Waals surface area contributed by atoms with Gasteiger partial charge in [-0.15, -0.1) is 11.3 Å². The zero-order chi connectivity index (χ0) is 17.4. The summed E-state index contributed by atoms with van der Waals surface area (Å²) in [5.74, 6) is 0.393. The molecule has 1 aliphatic rings.